The first-order chi connectivity index (χ1) is 14.7. The van der Waals surface area contributed by atoms with E-state index in [9.17, 15) is 13.2 Å². The molecule has 0 atom stereocenters. The molecule has 0 bridgehead atoms. The van der Waals surface area contributed by atoms with E-state index in [1.807, 2.05) is 0 Å². The van der Waals surface area contributed by atoms with Gasteiger partial charge in [-0.05, 0) is 30.7 Å². The molecule has 4 aromatic rings. The molecule has 0 aliphatic heterocycles. The molecule has 3 heterocycles. The molecular weight excluding hydrogens is 415 g/mol. The summed E-state index contributed by atoms with van der Waals surface area (Å²) >= 11 is 1.14. The van der Waals surface area contributed by atoms with Crippen LogP contribution in [0.3, 0.4) is 0 Å². The Hall–Kier alpha value is -3.34. The molecular formula is C19H16F3N7S. The van der Waals surface area contributed by atoms with Crippen LogP contribution in [0.25, 0.3) is 22.4 Å². The second kappa shape index (κ2) is 8.99. The summed E-state index contributed by atoms with van der Waals surface area (Å²) in [5.41, 5.74) is 1.77. The maximum atomic E-state index is 14.9. The number of aromatic nitrogens is 5. The number of fused-ring (bicyclic) bond motifs is 1. The molecule has 1 aromatic carbocycles. The van der Waals surface area contributed by atoms with Crippen LogP contribution in [0, 0.1) is 11.6 Å². The van der Waals surface area contributed by atoms with Gasteiger partial charge in [-0.2, -0.15) is 0 Å². The molecule has 0 saturated heterocycles. The summed E-state index contributed by atoms with van der Waals surface area (Å²) < 4.78 is 44.4. The van der Waals surface area contributed by atoms with Crippen LogP contribution in [-0.2, 0) is 0 Å². The number of benzene rings is 1. The Morgan fingerprint density at radius 3 is 2.83 bits per heavy atom. The summed E-state index contributed by atoms with van der Waals surface area (Å²) in [7, 11) is 0. The predicted molar refractivity (Wildman–Crippen MR) is 111 cm³/mol. The summed E-state index contributed by atoms with van der Waals surface area (Å²) in [6.07, 6.45) is 4.68. The van der Waals surface area contributed by atoms with E-state index in [1.54, 1.807) is 12.1 Å². The highest BCUT2D eigenvalue weighted by molar-refractivity contribution is 8.00. The molecule has 0 amide bonds. The zero-order valence-electron chi connectivity index (χ0n) is 15.5. The van der Waals surface area contributed by atoms with Gasteiger partial charge >= 0.3 is 0 Å². The van der Waals surface area contributed by atoms with Crippen LogP contribution in [0.1, 0.15) is 6.42 Å². The summed E-state index contributed by atoms with van der Waals surface area (Å²) in [4.78, 5) is 19.6. The van der Waals surface area contributed by atoms with E-state index in [-0.39, 0.29) is 17.2 Å². The maximum Gasteiger partial charge on any atom is 0.181 e. The standard InChI is InChI=1S/C19H16F3N7S/c20-6-2-8-30-29-13-5-4-12(21)16(14(13)22)28-18-11(3-1-7-23-18)15-17-19(26-9-24-15)27-10-25-17/h1,3-5,7,9-10,29H,2,6,8H2,(H,23,28)(H,24,25,26,27). The molecule has 30 heavy (non-hydrogen) atoms. The quantitative estimate of drug-likeness (QED) is 0.271. The van der Waals surface area contributed by atoms with Gasteiger partial charge in [0.1, 0.15) is 34.9 Å². The van der Waals surface area contributed by atoms with Crippen LogP contribution in [0.15, 0.2) is 43.1 Å². The van der Waals surface area contributed by atoms with Crippen LogP contribution in [0.4, 0.5) is 30.4 Å². The fourth-order valence-electron chi connectivity index (χ4n) is 2.79. The van der Waals surface area contributed by atoms with Gasteiger partial charge < -0.3 is 15.0 Å². The minimum atomic E-state index is -0.811. The van der Waals surface area contributed by atoms with Gasteiger partial charge in [0.15, 0.2) is 11.5 Å². The first-order valence-electron chi connectivity index (χ1n) is 8.97. The number of pyridine rings is 1. The van der Waals surface area contributed by atoms with Crippen molar-refractivity contribution in [3.8, 4) is 11.3 Å². The van der Waals surface area contributed by atoms with E-state index < -0.39 is 18.3 Å². The van der Waals surface area contributed by atoms with Gasteiger partial charge in [-0.1, -0.05) is 11.9 Å². The lowest BCUT2D eigenvalue weighted by molar-refractivity contribution is 0.489. The van der Waals surface area contributed by atoms with Gasteiger partial charge in [-0.3, -0.25) is 4.39 Å². The summed E-state index contributed by atoms with van der Waals surface area (Å²) in [5.74, 6) is -0.924. The van der Waals surface area contributed by atoms with Crippen LogP contribution in [0.5, 0.6) is 0 Å². The number of H-pyrrole nitrogens is 1. The van der Waals surface area contributed by atoms with Crippen molar-refractivity contribution in [2.24, 2.45) is 0 Å². The van der Waals surface area contributed by atoms with E-state index >= 15 is 0 Å². The minimum absolute atomic E-state index is 0.0817. The number of hydrogen-bond donors (Lipinski definition) is 3. The van der Waals surface area contributed by atoms with Gasteiger partial charge in [0.2, 0.25) is 0 Å². The number of nitrogens with one attached hydrogen (secondary N) is 3. The molecule has 0 fully saturated rings. The summed E-state index contributed by atoms with van der Waals surface area (Å²) in [5, 5.41) is 2.74. The number of alkyl halides is 1. The van der Waals surface area contributed by atoms with Crippen molar-refractivity contribution >= 4 is 40.3 Å². The zero-order chi connectivity index (χ0) is 20.9. The molecule has 3 aromatic heterocycles. The number of anilines is 3. The molecule has 0 aliphatic carbocycles. The van der Waals surface area contributed by atoms with Gasteiger partial charge in [0.25, 0.3) is 0 Å². The van der Waals surface area contributed by atoms with E-state index in [4.69, 9.17) is 0 Å². The Balaban J connectivity index is 1.68. The van der Waals surface area contributed by atoms with E-state index in [1.165, 1.54) is 24.9 Å². The van der Waals surface area contributed by atoms with E-state index in [0.29, 0.717) is 34.6 Å². The van der Waals surface area contributed by atoms with Crippen LogP contribution in [0.2, 0.25) is 0 Å². The third-order valence-corrected chi connectivity index (χ3v) is 5.04. The highest BCUT2D eigenvalue weighted by Gasteiger charge is 2.18. The molecule has 11 heteroatoms. The van der Waals surface area contributed by atoms with Crippen LogP contribution >= 0.6 is 11.9 Å². The molecule has 0 radical (unpaired) electrons. The second-order valence-corrected chi connectivity index (χ2v) is 7.03. The average Bonchev–Trinajstić information content (AvgIpc) is 3.25. The fourth-order valence-corrected chi connectivity index (χ4v) is 3.45. The molecule has 0 spiro atoms. The van der Waals surface area contributed by atoms with E-state index in [0.717, 1.165) is 18.0 Å². The average molecular weight is 431 g/mol. The summed E-state index contributed by atoms with van der Waals surface area (Å²) in [6.45, 7) is -0.456. The Bertz CT molecular complexity index is 1170. The third-order valence-electron chi connectivity index (χ3n) is 4.18. The lowest BCUT2D eigenvalue weighted by atomic mass is 10.1. The molecule has 3 N–H and O–H groups in total. The summed E-state index contributed by atoms with van der Waals surface area (Å²) in [6, 6.07) is 5.85. The molecule has 7 nitrogen and oxygen atoms in total. The van der Waals surface area contributed by atoms with Crippen LogP contribution in [-0.4, -0.2) is 37.3 Å². The van der Waals surface area contributed by atoms with Crippen molar-refractivity contribution in [1.29, 1.82) is 0 Å². The first kappa shape index (κ1) is 20.0. The third kappa shape index (κ3) is 4.01. The number of imidazole rings is 1. The lowest BCUT2D eigenvalue weighted by Crippen LogP contribution is -2.04. The Kier molecular flexibility index (Phi) is 5.98. The van der Waals surface area contributed by atoms with Gasteiger partial charge in [0.05, 0.1) is 18.7 Å². The molecule has 154 valence electrons. The minimum Gasteiger partial charge on any atom is -0.341 e. The van der Waals surface area contributed by atoms with Crippen molar-refractivity contribution in [3.05, 3.63) is 54.8 Å². The van der Waals surface area contributed by atoms with Crippen molar-refractivity contribution in [3.63, 3.8) is 0 Å². The van der Waals surface area contributed by atoms with Gasteiger partial charge in [-0.15, -0.1) is 0 Å². The lowest BCUT2D eigenvalue weighted by Gasteiger charge is -2.14. The smallest absolute Gasteiger partial charge is 0.181 e. The molecule has 0 aliphatic rings. The first-order valence-corrected chi connectivity index (χ1v) is 9.96. The normalized spacial score (nSPS) is 11.0. The predicted octanol–water partition coefficient (Wildman–Crippen LogP) is 4.86. The monoisotopic (exact) mass is 431 g/mol. The largest absolute Gasteiger partial charge is 0.341 e. The Labute approximate surface area is 173 Å². The zero-order valence-corrected chi connectivity index (χ0v) is 16.3. The highest BCUT2D eigenvalue weighted by atomic mass is 32.2. The molecule has 0 saturated carbocycles. The van der Waals surface area contributed by atoms with Crippen molar-refractivity contribution < 1.29 is 13.2 Å². The van der Waals surface area contributed by atoms with Gasteiger partial charge in [0, 0.05) is 17.5 Å². The fraction of sp³-hybridized carbons (Fsp3) is 0.158. The molecule has 4 rings (SSSR count). The van der Waals surface area contributed by atoms with Crippen molar-refractivity contribution in [1.82, 2.24) is 24.9 Å². The van der Waals surface area contributed by atoms with Crippen molar-refractivity contribution in [2.75, 3.05) is 22.5 Å². The number of hydrogen-bond acceptors (Lipinski definition) is 7. The second-order valence-electron chi connectivity index (χ2n) is 6.12. The number of halogens is 3. The van der Waals surface area contributed by atoms with Gasteiger partial charge in [-0.25, -0.2) is 28.7 Å². The number of nitrogens with zero attached hydrogens (tertiary/aromatic N) is 4. The van der Waals surface area contributed by atoms with Crippen LogP contribution < -0.4 is 10.0 Å². The van der Waals surface area contributed by atoms with Crippen molar-refractivity contribution in [2.45, 2.75) is 6.42 Å². The number of aromatic amines is 1. The Morgan fingerprint density at radius 1 is 1.07 bits per heavy atom. The highest BCUT2D eigenvalue weighted by Crippen LogP contribution is 2.34. The SMILES string of the molecule is FCCCSNc1ccc(F)c(Nc2ncccc2-c2ncnc3nc[nH]c23)c1F. The number of rotatable bonds is 8. The topological polar surface area (TPSA) is 91.4 Å². The Morgan fingerprint density at radius 2 is 1.97 bits per heavy atom. The van der Waals surface area contributed by atoms with E-state index in [2.05, 4.69) is 35.0 Å². The maximum absolute atomic E-state index is 14.9. The molecule has 0 unspecified atom stereocenters.